The Morgan fingerprint density at radius 2 is 1.89 bits per heavy atom. The summed E-state index contributed by atoms with van der Waals surface area (Å²) in [5.74, 6) is 2.10. The minimum atomic E-state index is 0.126. The molecule has 0 spiro atoms. The molecule has 1 aromatic rings. The molecule has 0 amide bonds. The van der Waals surface area contributed by atoms with Gasteiger partial charge in [-0.2, -0.15) is 0 Å². The van der Waals surface area contributed by atoms with E-state index in [0.29, 0.717) is 11.8 Å². The fourth-order valence-corrected chi connectivity index (χ4v) is 2.94. The van der Waals surface area contributed by atoms with Gasteiger partial charge in [0.1, 0.15) is 5.75 Å². The molecule has 0 aromatic heterocycles. The van der Waals surface area contributed by atoms with Gasteiger partial charge in [-0.25, -0.2) is 0 Å². The molecular formula is C16H25NO. The number of benzene rings is 1. The van der Waals surface area contributed by atoms with E-state index in [4.69, 9.17) is 10.5 Å². The molecule has 2 N–H and O–H groups in total. The molecule has 1 aromatic carbocycles. The van der Waals surface area contributed by atoms with Crippen molar-refractivity contribution in [3.8, 4) is 5.75 Å². The summed E-state index contributed by atoms with van der Waals surface area (Å²) in [5, 5.41) is 0. The number of nitrogens with two attached hydrogens (primary N) is 1. The van der Waals surface area contributed by atoms with Crippen LogP contribution in [0.5, 0.6) is 5.75 Å². The van der Waals surface area contributed by atoms with Crippen LogP contribution in [0.2, 0.25) is 0 Å². The van der Waals surface area contributed by atoms with Gasteiger partial charge in [-0.15, -0.1) is 0 Å². The average Bonchev–Trinajstić information content (AvgIpc) is 2.90. The minimum absolute atomic E-state index is 0.126. The Hall–Kier alpha value is -1.02. The maximum Gasteiger partial charge on any atom is 0.123 e. The third-order valence-electron chi connectivity index (χ3n) is 4.19. The van der Waals surface area contributed by atoms with Crippen molar-refractivity contribution in [3.05, 3.63) is 29.3 Å². The summed E-state index contributed by atoms with van der Waals surface area (Å²) in [5.41, 5.74) is 9.00. The summed E-state index contributed by atoms with van der Waals surface area (Å²) >= 11 is 0. The first kappa shape index (κ1) is 13.4. The molecule has 1 saturated carbocycles. The highest BCUT2D eigenvalue weighted by Gasteiger charge is 2.25. The SMILES string of the molecule is COc1ccc(C(C)C)cc1[C@@H](N)C1CCCC1. The van der Waals surface area contributed by atoms with Crippen LogP contribution in [-0.2, 0) is 0 Å². The molecule has 0 unspecified atom stereocenters. The van der Waals surface area contributed by atoms with Crippen LogP contribution in [0.15, 0.2) is 18.2 Å². The van der Waals surface area contributed by atoms with E-state index in [1.54, 1.807) is 7.11 Å². The van der Waals surface area contributed by atoms with Crippen LogP contribution in [0.1, 0.15) is 62.6 Å². The third kappa shape index (κ3) is 2.69. The number of hydrogen-bond donors (Lipinski definition) is 1. The highest BCUT2D eigenvalue weighted by molar-refractivity contribution is 5.40. The van der Waals surface area contributed by atoms with Crippen LogP contribution < -0.4 is 10.5 Å². The van der Waals surface area contributed by atoms with E-state index in [9.17, 15) is 0 Å². The Kier molecular flexibility index (Phi) is 4.28. The van der Waals surface area contributed by atoms with Crippen LogP contribution in [-0.4, -0.2) is 7.11 Å². The molecule has 1 fully saturated rings. The standard InChI is InChI=1S/C16H25NO/c1-11(2)13-8-9-15(18-3)14(10-13)16(17)12-6-4-5-7-12/h8-12,16H,4-7,17H2,1-3H3/t16-/m0/s1. The van der Waals surface area contributed by atoms with E-state index in [0.717, 1.165) is 5.75 Å². The molecule has 0 radical (unpaired) electrons. The van der Waals surface area contributed by atoms with E-state index < -0.39 is 0 Å². The van der Waals surface area contributed by atoms with E-state index in [-0.39, 0.29) is 6.04 Å². The van der Waals surface area contributed by atoms with Gasteiger partial charge in [-0.05, 0) is 36.3 Å². The first-order valence-electron chi connectivity index (χ1n) is 7.07. The second-order valence-electron chi connectivity index (χ2n) is 5.73. The number of methoxy groups -OCH3 is 1. The third-order valence-corrected chi connectivity index (χ3v) is 4.19. The molecule has 0 heterocycles. The van der Waals surface area contributed by atoms with Crippen LogP contribution in [0.3, 0.4) is 0 Å². The molecule has 1 aliphatic carbocycles. The molecule has 0 bridgehead atoms. The fourth-order valence-electron chi connectivity index (χ4n) is 2.94. The zero-order valence-corrected chi connectivity index (χ0v) is 11.8. The van der Waals surface area contributed by atoms with E-state index in [2.05, 4.69) is 32.0 Å². The molecule has 1 atom stereocenters. The predicted octanol–water partition coefficient (Wildman–Crippen LogP) is 4.01. The maximum absolute atomic E-state index is 6.47. The van der Waals surface area contributed by atoms with Crippen molar-refractivity contribution in [1.82, 2.24) is 0 Å². The van der Waals surface area contributed by atoms with Crippen LogP contribution >= 0.6 is 0 Å². The van der Waals surface area contributed by atoms with Crippen LogP contribution in [0.25, 0.3) is 0 Å². The predicted molar refractivity (Wildman–Crippen MR) is 76.0 cm³/mol. The van der Waals surface area contributed by atoms with E-state index in [1.807, 2.05) is 0 Å². The molecule has 1 aliphatic rings. The average molecular weight is 247 g/mol. The summed E-state index contributed by atoms with van der Waals surface area (Å²) in [6.45, 7) is 4.43. The van der Waals surface area contributed by atoms with E-state index in [1.165, 1.54) is 36.8 Å². The molecule has 0 aliphatic heterocycles. The lowest BCUT2D eigenvalue weighted by Crippen LogP contribution is -2.20. The quantitative estimate of drug-likeness (QED) is 0.872. The van der Waals surface area contributed by atoms with Crippen molar-refractivity contribution < 1.29 is 4.74 Å². The molecular weight excluding hydrogens is 222 g/mol. The van der Waals surface area contributed by atoms with Gasteiger partial charge >= 0.3 is 0 Å². The normalized spacial score (nSPS) is 18.3. The molecule has 2 nitrogen and oxygen atoms in total. The van der Waals surface area contributed by atoms with Gasteiger partial charge in [0.05, 0.1) is 7.11 Å². The Morgan fingerprint density at radius 3 is 2.44 bits per heavy atom. The van der Waals surface area contributed by atoms with Gasteiger partial charge in [0, 0.05) is 11.6 Å². The van der Waals surface area contributed by atoms with Gasteiger partial charge in [0.2, 0.25) is 0 Å². The van der Waals surface area contributed by atoms with Crippen LogP contribution in [0.4, 0.5) is 0 Å². The molecule has 2 heteroatoms. The largest absolute Gasteiger partial charge is 0.496 e. The molecule has 18 heavy (non-hydrogen) atoms. The maximum atomic E-state index is 6.47. The second kappa shape index (κ2) is 5.75. The monoisotopic (exact) mass is 247 g/mol. The zero-order valence-electron chi connectivity index (χ0n) is 11.8. The summed E-state index contributed by atoms with van der Waals surface area (Å²) < 4.78 is 5.48. The summed E-state index contributed by atoms with van der Waals surface area (Å²) in [6.07, 6.45) is 5.17. The lowest BCUT2D eigenvalue weighted by atomic mass is 9.89. The Bertz CT molecular complexity index is 394. The highest BCUT2D eigenvalue weighted by Crippen LogP contribution is 2.38. The zero-order chi connectivity index (χ0) is 13.1. The van der Waals surface area contributed by atoms with Crippen molar-refractivity contribution in [2.24, 2.45) is 11.7 Å². The van der Waals surface area contributed by atoms with Gasteiger partial charge in [0.15, 0.2) is 0 Å². The lowest BCUT2D eigenvalue weighted by Gasteiger charge is -2.22. The van der Waals surface area contributed by atoms with Crippen molar-refractivity contribution in [3.63, 3.8) is 0 Å². The van der Waals surface area contributed by atoms with Gasteiger partial charge in [-0.3, -0.25) is 0 Å². The first-order chi connectivity index (χ1) is 8.63. The summed E-state index contributed by atoms with van der Waals surface area (Å²) in [7, 11) is 1.73. The fraction of sp³-hybridized carbons (Fsp3) is 0.625. The van der Waals surface area contributed by atoms with Gasteiger partial charge in [0.25, 0.3) is 0 Å². The number of ether oxygens (including phenoxy) is 1. The number of hydrogen-bond acceptors (Lipinski definition) is 2. The first-order valence-corrected chi connectivity index (χ1v) is 7.07. The van der Waals surface area contributed by atoms with Gasteiger partial charge in [-0.1, -0.05) is 38.8 Å². The lowest BCUT2D eigenvalue weighted by molar-refractivity contribution is 0.385. The van der Waals surface area contributed by atoms with Gasteiger partial charge < -0.3 is 10.5 Å². The molecule has 2 rings (SSSR count). The van der Waals surface area contributed by atoms with Crippen molar-refractivity contribution in [2.45, 2.75) is 51.5 Å². The van der Waals surface area contributed by atoms with Crippen molar-refractivity contribution in [1.29, 1.82) is 0 Å². The van der Waals surface area contributed by atoms with Crippen molar-refractivity contribution in [2.75, 3.05) is 7.11 Å². The highest BCUT2D eigenvalue weighted by atomic mass is 16.5. The van der Waals surface area contributed by atoms with Crippen molar-refractivity contribution >= 4 is 0 Å². The summed E-state index contributed by atoms with van der Waals surface area (Å²) in [6, 6.07) is 6.58. The smallest absolute Gasteiger partial charge is 0.123 e. The Balaban J connectivity index is 2.30. The Labute approximate surface area is 111 Å². The summed E-state index contributed by atoms with van der Waals surface area (Å²) in [4.78, 5) is 0. The molecule has 100 valence electrons. The van der Waals surface area contributed by atoms with Crippen LogP contribution in [0, 0.1) is 5.92 Å². The topological polar surface area (TPSA) is 35.2 Å². The molecule has 0 saturated heterocycles. The Morgan fingerprint density at radius 1 is 1.22 bits per heavy atom. The minimum Gasteiger partial charge on any atom is -0.496 e. The van der Waals surface area contributed by atoms with E-state index >= 15 is 0 Å². The second-order valence-corrected chi connectivity index (χ2v) is 5.73. The number of rotatable bonds is 4.